The Labute approximate surface area is 115 Å². The number of hydrogen-bond acceptors (Lipinski definition) is 4. The van der Waals surface area contributed by atoms with Gasteiger partial charge in [0.05, 0.1) is 26.4 Å². The van der Waals surface area contributed by atoms with Gasteiger partial charge in [-0.25, -0.2) is 0 Å². The van der Waals surface area contributed by atoms with Crippen LogP contribution in [-0.4, -0.2) is 26.4 Å². The van der Waals surface area contributed by atoms with Crippen molar-refractivity contribution in [3.05, 3.63) is 11.6 Å². The Morgan fingerprint density at radius 2 is 1.16 bits per heavy atom. The molecule has 1 aromatic rings. The van der Waals surface area contributed by atoms with Gasteiger partial charge in [0.2, 0.25) is 11.5 Å². The van der Waals surface area contributed by atoms with Crippen LogP contribution in [0.3, 0.4) is 0 Å². The zero-order valence-corrected chi connectivity index (χ0v) is 12.5. The van der Waals surface area contributed by atoms with E-state index in [1.165, 1.54) is 0 Å². The number of benzene rings is 1. The fourth-order valence-electron chi connectivity index (χ4n) is 1.86. The summed E-state index contributed by atoms with van der Waals surface area (Å²) in [5.41, 5.74) is 0.984. The maximum atomic E-state index is 5.71. The van der Waals surface area contributed by atoms with Crippen molar-refractivity contribution in [2.75, 3.05) is 26.4 Å². The van der Waals surface area contributed by atoms with Crippen LogP contribution in [0, 0.1) is 6.92 Å². The largest absolute Gasteiger partial charge is 0.490 e. The molecule has 1 rings (SSSR count). The maximum absolute atomic E-state index is 5.71. The molecule has 1 aromatic carbocycles. The standard InChI is InChI=1S/C15H24O4/c1-6-16-12-10-11(5)13(17-7-2)15(19-9-4)14(12)18-8-3/h10H,6-9H2,1-5H3. The lowest BCUT2D eigenvalue weighted by Gasteiger charge is -2.20. The van der Waals surface area contributed by atoms with Crippen molar-refractivity contribution in [1.82, 2.24) is 0 Å². The summed E-state index contributed by atoms with van der Waals surface area (Å²) in [6.45, 7) is 12.0. The quantitative estimate of drug-likeness (QED) is 0.722. The summed E-state index contributed by atoms with van der Waals surface area (Å²) in [6.07, 6.45) is 0. The smallest absolute Gasteiger partial charge is 0.207 e. The molecule has 0 fully saturated rings. The Morgan fingerprint density at radius 1 is 0.684 bits per heavy atom. The van der Waals surface area contributed by atoms with Crippen LogP contribution < -0.4 is 18.9 Å². The van der Waals surface area contributed by atoms with Crippen LogP contribution in [-0.2, 0) is 0 Å². The highest BCUT2D eigenvalue weighted by atomic mass is 16.6. The molecular formula is C15H24O4. The second-order valence-corrected chi connectivity index (χ2v) is 3.91. The summed E-state index contributed by atoms with van der Waals surface area (Å²) < 4.78 is 22.7. The summed E-state index contributed by atoms with van der Waals surface area (Å²) in [5.74, 6) is 2.69. The van der Waals surface area contributed by atoms with Gasteiger partial charge in [-0.15, -0.1) is 0 Å². The van der Waals surface area contributed by atoms with Crippen molar-refractivity contribution in [3.63, 3.8) is 0 Å². The summed E-state index contributed by atoms with van der Waals surface area (Å²) in [5, 5.41) is 0. The molecule has 0 atom stereocenters. The minimum absolute atomic E-state index is 0.550. The fraction of sp³-hybridized carbons (Fsp3) is 0.600. The topological polar surface area (TPSA) is 36.9 Å². The molecule has 108 valence electrons. The first-order valence-electron chi connectivity index (χ1n) is 6.88. The number of hydrogen-bond donors (Lipinski definition) is 0. The summed E-state index contributed by atoms with van der Waals surface area (Å²) >= 11 is 0. The third-order valence-corrected chi connectivity index (χ3v) is 2.51. The van der Waals surface area contributed by atoms with E-state index in [-0.39, 0.29) is 0 Å². The van der Waals surface area contributed by atoms with Crippen molar-refractivity contribution in [1.29, 1.82) is 0 Å². The molecule has 0 amide bonds. The van der Waals surface area contributed by atoms with Gasteiger partial charge in [-0.3, -0.25) is 0 Å². The fourth-order valence-corrected chi connectivity index (χ4v) is 1.86. The lowest BCUT2D eigenvalue weighted by molar-refractivity contribution is 0.243. The zero-order chi connectivity index (χ0) is 14.3. The molecule has 4 heteroatoms. The van der Waals surface area contributed by atoms with Crippen molar-refractivity contribution < 1.29 is 18.9 Å². The highest BCUT2D eigenvalue weighted by Crippen LogP contribution is 2.47. The third-order valence-electron chi connectivity index (χ3n) is 2.51. The minimum atomic E-state index is 0.550. The number of aryl methyl sites for hydroxylation is 1. The molecule has 0 aromatic heterocycles. The Hall–Kier alpha value is -1.58. The molecule has 19 heavy (non-hydrogen) atoms. The van der Waals surface area contributed by atoms with Crippen LogP contribution in [0.5, 0.6) is 23.0 Å². The van der Waals surface area contributed by atoms with Gasteiger partial charge in [0.15, 0.2) is 11.5 Å². The number of rotatable bonds is 8. The van der Waals surface area contributed by atoms with E-state index in [9.17, 15) is 0 Å². The highest BCUT2D eigenvalue weighted by molar-refractivity contribution is 5.62. The first-order valence-corrected chi connectivity index (χ1v) is 6.88. The van der Waals surface area contributed by atoms with E-state index in [0.717, 1.165) is 11.3 Å². The monoisotopic (exact) mass is 268 g/mol. The molecule has 0 bridgehead atoms. The van der Waals surface area contributed by atoms with Gasteiger partial charge in [0.25, 0.3) is 0 Å². The zero-order valence-electron chi connectivity index (χ0n) is 12.5. The van der Waals surface area contributed by atoms with Crippen LogP contribution in [0.2, 0.25) is 0 Å². The van der Waals surface area contributed by atoms with E-state index in [0.29, 0.717) is 43.7 Å². The van der Waals surface area contributed by atoms with Gasteiger partial charge in [-0.05, 0) is 46.2 Å². The normalized spacial score (nSPS) is 10.2. The molecule has 0 saturated carbocycles. The van der Waals surface area contributed by atoms with E-state index in [2.05, 4.69) is 0 Å². The third kappa shape index (κ3) is 3.69. The van der Waals surface area contributed by atoms with Gasteiger partial charge in [-0.1, -0.05) is 0 Å². The average molecular weight is 268 g/mol. The van der Waals surface area contributed by atoms with E-state index in [1.54, 1.807) is 0 Å². The van der Waals surface area contributed by atoms with Crippen LogP contribution in [0.15, 0.2) is 6.07 Å². The molecule has 0 radical (unpaired) electrons. The molecule has 0 aliphatic heterocycles. The average Bonchev–Trinajstić information content (AvgIpc) is 2.38. The van der Waals surface area contributed by atoms with Gasteiger partial charge in [-0.2, -0.15) is 0 Å². The Morgan fingerprint density at radius 3 is 1.68 bits per heavy atom. The van der Waals surface area contributed by atoms with Crippen LogP contribution in [0.1, 0.15) is 33.3 Å². The van der Waals surface area contributed by atoms with Crippen LogP contribution in [0.4, 0.5) is 0 Å². The van der Waals surface area contributed by atoms with Crippen molar-refractivity contribution in [2.45, 2.75) is 34.6 Å². The second kappa shape index (κ2) is 7.77. The van der Waals surface area contributed by atoms with E-state index in [1.807, 2.05) is 40.7 Å². The Kier molecular flexibility index (Phi) is 6.33. The Bertz CT molecular complexity index is 402. The summed E-state index contributed by atoms with van der Waals surface area (Å²) in [7, 11) is 0. The lowest BCUT2D eigenvalue weighted by Crippen LogP contribution is -2.06. The van der Waals surface area contributed by atoms with E-state index >= 15 is 0 Å². The van der Waals surface area contributed by atoms with Crippen molar-refractivity contribution >= 4 is 0 Å². The molecule has 0 aliphatic carbocycles. The van der Waals surface area contributed by atoms with Crippen molar-refractivity contribution in [2.24, 2.45) is 0 Å². The number of ether oxygens (including phenoxy) is 4. The van der Waals surface area contributed by atoms with Crippen LogP contribution in [0.25, 0.3) is 0 Å². The van der Waals surface area contributed by atoms with E-state index < -0.39 is 0 Å². The predicted molar refractivity (Wildman–Crippen MR) is 75.9 cm³/mol. The molecule has 0 unspecified atom stereocenters. The van der Waals surface area contributed by atoms with E-state index in [4.69, 9.17) is 18.9 Å². The summed E-state index contributed by atoms with van der Waals surface area (Å²) in [4.78, 5) is 0. The van der Waals surface area contributed by atoms with Crippen molar-refractivity contribution in [3.8, 4) is 23.0 Å². The lowest BCUT2D eigenvalue weighted by atomic mass is 10.1. The first-order chi connectivity index (χ1) is 9.19. The maximum Gasteiger partial charge on any atom is 0.207 e. The van der Waals surface area contributed by atoms with Gasteiger partial charge in [0.1, 0.15) is 0 Å². The van der Waals surface area contributed by atoms with Gasteiger partial charge in [0, 0.05) is 0 Å². The predicted octanol–water partition coefficient (Wildman–Crippen LogP) is 3.59. The minimum Gasteiger partial charge on any atom is -0.490 e. The van der Waals surface area contributed by atoms with Gasteiger partial charge >= 0.3 is 0 Å². The molecule has 0 spiro atoms. The second-order valence-electron chi connectivity index (χ2n) is 3.91. The Balaban J connectivity index is 3.35. The highest BCUT2D eigenvalue weighted by Gasteiger charge is 2.21. The molecule has 0 heterocycles. The first kappa shape index (κ1) is 15.5. The SMILES string of the molecule is CCOc1cc(C)c(OCC)c(OCC)c1OCC. The molecular weight excluding hydrogens is 244 g/mol. The van der Waals surface area contributed by atoms with Crippen LogP contribution >= 0.6 is 0 Å². The molecule has 4 nitrogen and oxygen atoms in total. The molecule has 0 saturated heterocycles. The van der Waals surface area contributed by atoms with Gasteiger partial charge < -0.3 is 18.9 Å². The molecule has 0 N–H and O–H groups in total. The summed E-state index contributed by atoms with van der Waals surface area (Å²) in [6, 6.07) is 1.93. The molecule has 0 aliphatic rings.